The number of carboxylic acid groups (broad SMARTS) is 1. The van der Waals surface area contributed by atoms with E-state index in [1.165, 1.54) is 16.2 Å². The molecule has 28 heavy (non-hydrogen) atoms. The van der Waals surface area contributed by atoms with Gasteiger partial charge in [0.2, 0.25) is 5.91 Å². The van der Waals surface area contributed by atoms with Gasteiger partial charge < -0.3 is 15.7 Å². The fourth-order valence-electron chi connectivity index (χ4n) is 4.15. The third kappa shape index (κ3) is 3.85. The summed E-state index contributed by atoms with van der Waals surface area (Å²) in [6, 6.07) is 0.244. The Labute approximate surface area is 168 Å². The van der Waals surface area contributed by atoms with E-state index in [4.69, 9.17) is 0 Å². The predicted molar refractivity (Wildman–Crippen MR) is 108 cm³/mol. The number of hydrogen-bond acceptors (Lipinski definition) is 4. The number of rotatable bonds is 5. The molecule has 150 valence electrons. The maximum Gasteiger partial charge on any atom is 0.307 e. The summed E-state index contributed by atoms with van der Waals surface area (Å²) < 4.78 is 0. The van der Waals surface area contributed by atoms with Crippen molar-refractivity contribution in [2.75, 3.05) is 5.32 Å². The second kappa shape index (κ2) is 7.70. The van der Waals surface area contributed by atoms with Gasteiger partial charge in [0.05, 0.1) is 17.4 Å². The minimum absolute atomic E-state index is 0.108. The Morgan fingerprint density at radius 1 is 1.11 bits per heavy atom. The predicted octanol–water partition coefficient (Wildman–Crippen LogP) is 3.37. The van der Waals surface area contributed by atoms with Gasteiger partial charge in [0.1, 0.15) is 5.00 Å². The zero-order valence-electron chi connectivity index (χ0n) is 16.0. The fourth-order valence-corrected chi connectivity index (χ4v) is 5.56. The molecule has 3 N–H and O–H groups in total. The Kier molecular flexibility index (Phi) is 5.27. The van der Waals surface area contributed by atoms with Gasteiger partial charge in [0.15, 0.2) is 0 Å². The minimum Gasteiger partial charge on any atom is -0.481 e. The lowest BCUT2D eigenvalue weighted by atomic mass is 9.82. The van der Waals surface area contributed by atoms with Crippen LogP contribution < -0.4 is 10.6 Å². The van der Waals surface area contributed by atoms with Crippen LogP contribution in [0.1, 0.15) is 59.8 Å². The molecule has 0 saturated heterocycles. The number of aliphatic carboxylic acids is 1. The van der Waals surface area contributed by atoms with E-state index in [1.807, 2.05) is 12.2 Å². The molecule has 0 unspecified atom stereocenters. The summed E-state index contributed by atoms with van der Waals surface area (Å²) in [6.45, 7) is 2.21. The maximum atomic E-state index is 12.9. The van der Waals surface area contributed by atoms with Crippen LogP contribution in [0.5, 0.6) is 0 Å². The van der Waals surface area contributed by atoms with Gasteiger partial charge >= 0.3 is 5.97 Å². The smallest absolute Gasteiger partial charge is 0.307 e. The van der Waals surface area contributed by atoms with Crippen molar-refractivity contribution in [1.29, 1.82) is 0 Å². The van der Waals surface area contributed by atoms with Crippen LogP contribution in [0, 0.1) is 17.8 Å². The van der Waals surface area contributed by atoms with Crippen LogP contribution in [0.4, 0.5) is 5.00 Å². The topological polar surface area (TPSA) is 95.5 Å². The zero-order valence-corrected chi connectivity index (χ0v) is 16.8. The molecule has 1 fully saturated rings. The Morgan fingerprint density at radius 2 is 1.82 bits per heavy atom. The molecular weight excluding hydrogens is 376 g/mol. The van der Waals surface area contributed by atoms with Crippen LogP contribution in [0.15, 0.2) is 12.2 Å². The van der Waals surface area contributed by atoms with Gasteiger partial charge in [-0.3, -0.25) is 14.4 Å². The molecule has 0 aromatic carbocycles. The molecule has 1 aromatic heterocycles. The van der Waals surface area contributed by atoms with E-state index >= 15 is 0 Å². The van der Waals surface area contributed by atoms with E-state index in [1.54, 1.807) is 0 Å². The van der Waals surface area contributed by atoms with Crippen molar-refractivity contribution in [1.82, 2.24) is 5.32 Å². The second-order valence-electron chi connectivity index (χ2n) is 8.29. The monoisotopic (exact) mass is 402 g/mol. The number of carbonyl (C=O) groups is 3. The number of hydrogen-bond donors (Lipinski definition) is 3. The molecule has 4 rings (SSSR count). The lowest BCUT2D eigenvalue weighted by molar-refractivity contribution is -0.146. The minimum atomic E-state index is -0.949. The third-order valence-electron chi connectivity index (χ3n) is 5.97. The van der Waals surface area contributed by atoms with Crippen LogP contribution in [-0.2, 0) is 22.4 Å². The lowest BCUT2D eigenvalue weighted by Gasteiger charge is -2.24. The molecule has 3 aliphatic rings. The van der Waals surface area contributed by atoms with Crippen LogP contribution >= 0.6 is 11.3 Å². The number of fused-ring (bicyclic) bond motifs is 1. The molecule has 0 radical (unpaired) electrons. The number of amides is 2. The van der Waals surface area contributed by atoms with Gasteiger partial charge in [-0.1, -0.05) is 19.1 Å². The largest absolute Gasteiger partial charge is 0.481 e. The average molecular weight is 403 g/mol. The summed E-state index contributed by atoms with van der Waals surface area (Å²) in [6.07, 6.45) is 9.28. The van der Waals surface area contributed by atoms with Gasteiger partial charge in [0.25, 0.3) is 5.91 Å². The normalized spacial score (nSPS) is 26.4. The molecule has 0 spiro atoms. The van der Waals surface area contributed by atoms with Crippen molar-refractivity contribution < 1.29 is 19.5 Å². The Bertz CT molecular complexity index is 840. The van der Waals surface area contributed by atoms with Crippen LogP contribution in [0.3, 0.4) is 0 Å². The molecule has 0 bridgehead atoms. The molecule has 1 saturated carbocycles. The SMILES string of the molecule is C[C@@H]1CCc2c(sc(NC(=O)[C@H]3CC=CC[C@H]3C(=O)O)c2C(=O)NC2CC2)C1. The summed E-state index contributed by atoms with van der Waals surface area (Å²) in [5.41, 5.74) is 1.67. The van der Waals surface area contributed by atoms with E-state index in [9.17, 15) is 19.5 Å². The number of thiophene rings is 1. The van der Waals surface area contributed by atoms with Gasteiger partial charge in [-0.25, -0.2) is 0 Å². The molecule has 7 heteroatoms. The number of allylic oxidation sites excluding steroid dienone is 2. The summed E-state index contributed by atoms with van der Waals surface area (Å²) in [4.78, 5) is 38.6. The standard InChI is InChI=1S/C21H26N2O4S/c1-11-6-9-15-16(10-11)28-20(17(15)19(25)22-12-7-8-12)23-18(24)13-4-2-3-5-14(13)21(26)27/h2-3,11-14H,4-10H2,1H3,(H,22,25)(H,23,24)(H,26,27)/t11-,13+,14-/m1/s1. The summed E-state index contributed by atoms with van der Waals surface area (Å²) >= 11 is 1.49. The van der Waals surface area contributed by atoms with Crippen molar-refractivity contribution in [3.8, 4) is 0 Å². The molecule has 6 nitrogen and oxygen atoms in total. The highest BCUT2D eigenvalue weighted by atomic mass is 32.1. The van der Waals surface area contributed by atoms with Crippen molar-refractivity contribution in [2.45, 2.75) is 57.9 Å². The highest BCUT2D eigenvalue weighted by Gasteiger charge is 2.36. The summed E-state index contributed by atoms with van der Waals surface area (Å²) in [7, 11) is 0. The molecule has 1 heterocycles. The lowest BCUT2D eigenvalue weighted by Crippen LogP contribution is -2.35. The number of carbonyl (C=O) groups excluding carboxylic acids is 2. The average Bonchev–Trinajstić information content (AvgIpc) is 3.40. The van der Waals surface area contributed by atoms with E-state index in [0.717, 1.165) is 37.7 Å². The Hall–Kier alpha value is -2.15. The molecule has 3 aliphatic carbocycles. The van der Waals surface area contributed by atoms with Crippen molar-refractivity contribution in [3.05, 3.63) is 28.2 Å². The molecule has 0 aliphatic heterocycles. The van der Waals surface area contributed by atoms with Gasteiger partial charge in [-0.05, 0) is 56.4 Å². The Balaban J connectivity index is 1.61. The first-order valence-corrected chi connectivity index (χ1v) is 10.9. The van der Waals surface area contributed by atoms with Crippen molar-refractivity contribution in [2.24, 2.45) is 17.8 Å². The fraction of sp³-hybridized carbons (Fsp3) is 0.571. The van der Waals surface area contributed by atoms with Gasteiger partial charge in [-0.15, -0.1) is 11.3 Å². The first-order valence-electron chi connectivity index (χ1n) is 10.1. The molecule has 1 aromatic rings. The van der Waals surface area contributed by atoms with E-state index in [0.29, 0.717) is 29.3 Å². The van der Waals surface area contributed by atoms with E-state index in [2.05, 4.69) is 17.6 Å². The van der Waals surface area contributed by atoms with Crippen molar-refractivity contribution in [3.63, 3.8) is 0 Å². The molecule has 3 atom stereocenters. The summed E-state index contributed by atoms with van der Waals surface area (Å²) in [5, 5.41) is 16.0. The third-order valence-corrected chi connectivity index (χ3v) is 7.14. The molecule has 2 amide bonds. The van der Waals surface area contributed by atoms with Gasteiger partial charge in [0, 0.05) is 10.9 Å². The van der Waals surface area contributed by atoms with Crippen LogP contribution in [-0.4, -0.2) is 28.9 Å². The number of anilines is 1. The summed E-state index contributed by atoms with van der Waals surface area (Å²) in [5.74, 6) is -2.13. The molecular formula is C21H26N2O4S. The van der Waals surface area contributed by atoms with Crippen molar-refractivity contribution >= 4 is 34.1 Å². The number of nitrogens with one attached hydrogen (secondary N) is 2. The quantitative estimate of drug-likeness (QED) is 0.658. The Morgan fingerprint density at radius 3 is 2.50 bits per heavy atom. The van der Waals surface area contributed by atoms with E-state index < -0.39 is 17.8 Å². The number of carboxylic acids is 1. The van der Waals surface area contributed by atoms with Crippen LogP contribution in [0.25, 0.3) is 0 Å². The van der Waals surface area contributed by atoms with Gasteiger partial charge in [-0.2, -0.15) is 0 Å². The van der Waals surface area contributed by atoms with E-state index in [-0.39, 0.29) is 17.9 Å². The highest BCUT2D eigenvalue weighted by molar-refractivity contribution is 7.17. The first-order chi connectivity index (χ1) is 13.4. The second-order valence-corrected chi connectivity index (χ2v) is 9.39. The van der Waals surface area contributed by atoms with Crippen LogP contribution in [0.2, 0.25) is 0 Å². The highest BCUT2D eigenvalue weighted by Crippen LogP contribution is 2.40. The zero-order chi connectivity index (χ0) is 19.8. The first kappa shape index (κ1) is 19.2. The maximum absolute atomic E-state index is 12.9.